The highest BCUT2D eigenvalue weighted by molar-refractivity contribution is 7.11. The molecule has 4 aromatic rings. The number of benzene rings is 1. The van der Waals surface area contributed by atoms with Crippen molar-refractivity contribution < 1.29 is 9.59 Å². The second-order valence-electron chi connectivity index (χ2n) is 8.23. The number of hydrogen-bond acceptors (Lipinski definition) is 5. The quantitative estimate of drug-likeness (QED) is 0.383. The lowest BCUT2D eigenvalue weighted by molar-refractivity contribution is 0.0919. The zero-order chi connectivity index (χ0) is 21.9. The number of carbonyl (C=O) groups excluding carboxylic acids is 2. The summed E-state index contributed by atoms with van der Waals surface area (Å²) in [6.07, 6.45) is 8.28. The summed E-state index contributed by atoms with van der Waals surface area (Å²) in [4.78, 5) is 37.5. The fraction of sp³-hybridized carbons (Fsp3) is 0.231. The molecule has 0 spiro atoms. The highest BCUT2D eigenvalue weighted by atomic mass is 32.1. The van der Waals surface area contributed by atoms with E-state index in [1.807, 2.05) is 35.7 Å². The summed E-state index contributed by atoms with van der Waals surface area (Å²) in [5.74, 6) is 0.389. The number of aromatic amines is 1. The molecule has 1 unspecified atom stereocenters. The third kappa shape index (κ3) is 4.18. The highest BCUT2D eigenvalue weighted by Crippen LogP contribution is 2.37. The molecule has 0 radical (unpaired) electrons. The van der Waals surface area contributed by atoms with E-state index in [1.165, 1.54) is 16.9 Å². The van der Waals surface area contributed by atoms with Crippen molar-refractivity contribution in [3.63, 3.8) is 0 Å². The molecule has 0 saturated carbocycles. The maximum atomic E-state index is 13.3. The Morgan fingerprint density at radius 2 is 1.88 bits per heavy atom. The fourth-order valence-electron chi connectivity index (χ4n) is 4.56. The van der Waals surface area contributed by atoms with Gasteiger partial charge in [0, 0.05) is 60.1 Å². The first-order valence-corrected chi connectivity index (χ1v) is 11.7. The molecule has 160 valence electrons. The van der Waals surface area contributed by atoms with Gasteiger partial charge in [-0.1, -0.05) is 30.3 Å². The molecule has 0 amide bonds. The summed E-state index contributed by atoms with van der Waals surface area (Å²) in [6, 6.07) is 14.2. The predicted octanol–water partition coefficient (Wildman–Crippen LogP) is 5.53. The number of ketones is 2. The van der Waals surface area contributed by atoms with Gasteiger partial charge >= 0.3 is 0 Å². The number of Topliss-reactive ketones (excluding diaryl/α,β-unsaturated/α-hetero) is 2. The molecule has 3 aromatic heterocycles. The molecule has 0 saturated heterocycles. The summed E-state index contributed by atoms with van der Waals surface area (Å²) < 4.78 is 0. The SMILES string of the molecule is O=C(CCC1CC(=O)c2c([nH]c(-c3ccncc3)c2Cc2ccccc2)C1)c1nccs1. The average molecular weight is 442 g/mol. The molecule has 1 atom stereocenters. The number of thiazole rings is 1. The largest absolute Gasteiger partial charge is 0.358 e. The van der Waals surface area contributed by atoms with Crippen LogP contribution in [0.1, 0.15) is 56.2 Å². The van der Waals surface area contributed by atoms with Gasteiger partial charge in [-0.15, -0.1) is 11.3 Å². The highest BCUT2D eigenvalue weighted by Gasteiger charge is 2.31. The molecule has 1 aliphatic rings. The van der Waals surface area contributed by atoms with Crippen LogP contribution in [0, 0.1) is 5.92 Å². The summed E-state index contributed by atoms with van der Waals surface area (Å²) in [7, 11) is 0. The van der Waals surface area contributed by atoms with Crippen LogP contribution in [0.3, 0.4) is 0 Å². The van der Waals surface area contributed by atoms with E-state index < -0.39 is 0 Å². The maximum Gasteiger partial charge on any atom is 0.191 e. The van der Waals surface area contributed by atoms with Gasteiger partial charge in [-0.05, 0) is 42.0 Å². The van der Waals surface area contributed by atoms with Gasteiger partial charge in [0.25, 0.3) is 0 Å². The Bertz CT molecular complexity index is 1230. The van der Waals surface area contributed by atoms with Crippen molar-refractivity contribution >= 4 is 22.9 Å². The van der Waals surface area contributed by atoms with E-state index in [2.05, 4.69) is 27.1 Å². The van der Waals surface area contributed by atoms with E-state index in [0.29, 0.717) is 30.7 Å². The summed E-state index contributed by atoms with van der Waals surface area (Å²) in [5.41, 5.74) is 6.08. The van der Waals surface area contributed by atoms with Crippen LogP contribution < -0.4 is 0 Å². The van der Waals surface area contributed by atoms with Crippen molar-refractivity contribution in [2.75, 3.05) is 0 Å². The van der Waals surface area contributed by atoms with Crippen LogP contribution in [0.15, 0.2) is 66.4 Å². The van der Waals surface area contributed by atoms with Crippen LogP contribution in [0.4, 0.5) is 0 Å². The minimum absolute atomic E-state index is 0.0620. The number of H-pyrrole nitrogens is 1. The molecule has 1 aromatic carbocycles. The molecule has 32 heavy (non-hydrogen) atoms. The summed E-state index contributed by atoms with van der Waals surface area (Å²) in [6.45, 7) is 0. The third-order valence-electron chi connectivity index (χ3n) is 6.07. The Labute approximate surface area is 190 Å². The molecule has 0 bridgehead atoms. The van der Waals surface area contributed by atoms with Crippen LogP contribution >= 0.6 is 11.3 Å². The van der Waals surface area contributed by atoms with Crippen molar-refractivity contribution in [2.24, 2.45) is 5.92 Å². The number of hydrogen-bond donors (Lipinski definition) is 1. The van der Waals surface area contributed by atoms with E-state index in [9.17, 15) is 9.59 Å². The molecule has 0 fully saturated rings. The molecule has 0 aliphatic heterocycles. The number of carbonyl (C=O) groups is 2. The molecule has 6 heteroatoms. The van der Waals surface area contributed by atoms with E-state index in [4.69, 9.17) is 0 Å². The first-order valence-electron chi connectivity index (χ1n) is 10.8. The smallest absolute Gasteiger partial charge is 0.191 e. The average Bonchev–Trinajstić information content (AvgIpc) is 3.48. The number of pyridine rings is 1. The molecule has 3 heterocycles. The van der Waals surface area contributed by atoms with Crippen LogP contribution in [0.2, 0.25) is 0 Å². The van der Waals surface area contributed by atoms with E-state index in [0.717, 1.165) is 34.5 Å². The lowest BCUT2D eigenvalue weighted by Crippen LogP contribution is -2.21. The Kier molecular flexibility index (Phi) is 5.77. The fourth-order valence-corrected chi connectivity index (χ4v) is 5.17. The van der Waals surface area contributed by atoms with Crippen LogP contribution in [0.25, 0.3) is 11.3 Å². The Hall–Kier alpha value is -3.38. The van der Waals surface area contributed by atoms with Crippen molar-refractivity contribution in [1.29, 1.82) is 0 Å². The van der Waals surface area contributed by atoms with E-state index in [1.54, 1.807) is 18.6 Å². The molecule has 1 N–H and O–H groups in total. The molecular formula is C26H23N3O2S. The van der Waals surface area contributed by atoms with Crippen LogP contribution in [0.5, 0.6) is 0 Å². The summed E-state index contributed by atoms with van der Waals surface area (Å²) in [5, 5.41) is 2.37. The van der Waals surface area contributed by atoms with E-state index in [-0.39, 0.29) is 17.5 Å². The zero-order valence-corrected chi connectivity index (χ0v) is 18.4. The van der Waals surface area contributed by atoms with E-state index >= 15 is 0 Å². The molecule has 1 aliphatic carbocycles. The number of rotatable bonds is 7. The minimum atomic E-state index is 0.0620. The first-order chi connectivity index (χ1) is 15.7. The van der Waals surface area contributed by atoms with Crippen molar-refractivity contribution in [2.45, 2.75) is 32.1 Å². The van der Waals surface area contributed by atoms with Crippen molar-refractivity contribution in [1.82, 2.24) is 15.0 Å². The Morgan fingerprint density at radius 1 is 1.06 bits per heavy atom. The number of fused-ring (bicyclic) bond motifs is 1. The lowest BCUT2D eigenvalue weighted by Gasteiger charge is -2.21. The van der Waals surface area contributed by atoms with Gasteiger partial charge in [0.15, 0.2) is 16.6 Å². The van der Waals surface area contributed by atoms with Crippen LogP contribution in [-0.4, -0.2) is 26.5 Å². The first kappa shape index (κ1) is 20.5. The second-order valence-corrected chi connectivity index (χ2v) is 9.12. The lowest BCUT2D eigenvalue weighted by atomic mass is 9.81. The monoisotopic (exact) mass is 441 g/mol. The van der Waals surface area contributed by atoms with Crippen molar-refractivity contribution in [3.8, 4) is 11.3 Å². The van der Waals surface area contributed by atoms with Gasteiger partial charge in [0.2, 0.25) is 0 Å². The normalized spacial score (nSPS) is 15.5. The minimum Gasteiger partial charge on any atom is -0.358 e. The summed E-state index contributed by atoms with van der Waals surface area (Å²) >= 11 is 1.37. The standard InChI is InChI=1S/C26H23N3O2S/c30-22(26-28-12-13-32-26)7-6-18-15-21-24(23(31)16-18)20(14-17-4-2-1-3-5-17)25(29-21)19-8-10-27-11-9-19/h1-5,8-13,18,29H,6-7,14-16H2. The maximum absolute atomic E-state index is 13.3. The van der Waals surface area contributed by atoms with Crippen LogP contribution in [-0.2, 0) is 12.8 Å². The zero-order valence-electron chi connectivity index (χ0n) is 17.6. The third-order valence-corrected chi connectivity index (χ3v) is 6.88. The molecule has 5 nitrogen and oxygen atoms in total. The number of aromatic nitrogens is 3. The number of nitrogens with one attached hydrogen (secondary N) is 1. The Balaban J connectivity index is 1.43. The topological polar surface area (TPSA) is 75.7 Å². The number of nitrogens with zero attached hydrogens (tertiary/aromatic N) is 2. The van der Waals surface area contributed by atoms with Gasteiger partial charge in [-0.3, -0.25) is 14.6 Å². The molecular weight excluding hydrogens is 418 g/mol. The predicted molar refractivity (Wildman–Crippen MR) is 125 cm³/mol. The van der Waals surface area contributed by atoms with Gasteiger partial charge < -0.3 is 4.98 Å². The molecule has 5 rings (SSSR count). The van der Waals surface area contributed by atoms with Gasteiger partial charge in [-0.25, -0.2) is 4.98 Å². The van der Waals surface area contributed by atoms with Crippen molar-refractivity contribution in [3.05, 3.63) is 93.8 Å². The van der Waals surface area contributed by atoms with Gasteiger partial charge in [-0.2, -0.15) is 0 Å². The van der Waals surface area contributed by atoms with Gasteiger partial charge in [0.05, 0.1) is 5.69 Å². The second kappa shape index (κ2) is 9.01. The van der Waals surface area contributed by atoms with Gasteiger partial charge in [0.1, 0.15) is 0 Å². The Morgan fingerprint density at radius 3 is 2.62 bits per heavy atom.